The molecule has 17 heavy (non-hydrogen) atoms. The summed E-state index contributed by atoms with van der Waals surface area (Å²) >= 11 is 0. The Morgan fingerprint density at radius 2 is 1.88 bits per heavy atom. The molecule has 0 radical (unpaired) electrons. The summed E-state index contributed by atoms with van der Waals surface area (Å²) in [4.78, 5) is 15.7. The van der Waals surface area contributed by atoms with Crippen LogP contribution in [0.15, 0.2) is 48.5 Å². The maximum atomic E-state index is 11.2. The van der Waals surface area contributed by atoms with E-state index < -0.39 is 5.91 Å². The lowest BCUT2D eigenvalue weighted by Crippen LogP contribution is -2.09. The maximum Gasteiger partial charge on any atom is 0.248 e. The predicted molar refractivity (Wildman–Crippen MR) is 66.9 cm³/mol. The van der Waals surface area contributed by atoms with Gasteiger partial charge in [0, 0.05) is 16.5 Å². The Kier molecular flexibility index (Phi) is 2.05. The van der Waals surface area contributed by atoms with Crippen LogP contribution in [0, 0.1) is 0 Å². The van der Waals surface area contributed by atoms with Crippen molar-refractivity contribution in [3.05, 3.63) is 54.1 Å². The maximum absolute atomic E-state index is 11.2. The van der Waals surface area contributed by atoms with Crippen molar-refractivity contribution in [2.45, 2.75) is 0 Å². The van der Waals surface area contributed by atoms with Gasteiger partial charge in [0.1, 0.15) is 0 Å². The van der Waals surface area contributed by atoms with Crippen LogP contribution in [-0.2, 0) is 0 Å². The van der Waals surface area contributed by atoms with Crippen LogP contribution in [0.2, 0.25) is 0 Å². The van der Waals surface area contributed by atoms with Crippen molar-refractivity contribution >= 4 is 16.8 Å². The van der Waals surface area contributed by atoms with Crippen LogP contribution in [0.3, 0.4) is 0 Å². The van der Waals surface area contributed by atoms with Gasteiger partial charge in [0.25, 0.3) is 0 Å². The summed E-state index contributed by atoms with van der Waals surface area (Å²) in [5.74, 6) is -0.436. The molecule has 0 fully saturated rings. The summed E-state index contributed by atoms with van der Waals surface area (Å²) in [5, 5.41) is 1.09. The highest BCUT2D eigenvalue weighted by Crippen LogP contribution is 2.30. The smallest absolute Gasteiger partial charge is 0.248 e. The second-order valence-corrected chi connectivity index (χ2v) is 3.92. The number of hydrogen-bond donors (Lipinski definition) is 1. The molecule has 0 atom stereocenters. The number of aromatic nitrogens is 1. The fourth-order valence-corrected chi connectivity index (χ4v) is 2.01. The molecule has 2 N–H and O–H groups in total. The first-order chi connectivity index (χ1) is 8.25. The molecule has 3 heteroatoms. The number of benzene rings is 1. The Balaban J connectivity index is 2.37. The van der Waals surface area contributed by atoms with Crippen LogP contribution in [0.25, 0.3) is 22.2 Å². The van der Waals surface area contributed by atoms with E-state index in [1.165, 1.54) is 0 Å². The Morgan fingerprint density at radius 3 is 2.71 bits per heavy atom. The zero-order chi connectivity index (χ0) is 11.8. The predicted octanol–water partition coefficient (Wildman–Crippen LogP) is 2.44. The zero-order valence-electron chi connectivity index (χ0n) is 9.05. The minimum Gasteiger partial charge on any atom is -0.366 e. The lowest BCUT2D eigenvalue weighted by atomic mass is 10.1. The van der Waals surface area contributed by atoms with Crippen LogP contribution in [0.5, 0.6) is 0 Å². The van der Waals surface area contributed by atoms with E-state index in [-0.39, 0.29) is 0 Å². The summed E-state index contributed by atoms with van der Waals surface area (Å²) in [5.41, 5.74) is 8.53. The van der Waals surface area contributed by atoms with Gasteiger partial charge in [-0.2, -0.15) is 0 Å². The van der Waals surface area contributed by atoms with E-state index in [0.717, 1.165) is 22.2 Å². The molecule has 0 bridgehead atoms. The van der Waals surface area contributed by atoms with Crippen LogP contribution in [-0.4, -0.2) is 10.9 Å². The fraction of sp³-hybridized carbons (Fsp3) is 0. The molecule has 0 aromatic heterocycles. The Hall–Kier alpha value is -2.42. The summed E-state index contributed by atoms with van der Waals surface area (Å²) in [6, 6.07) is 15.1. The second-order valence-electron chi connectivity index (χ2n) is 3.92. The Labute approximate surface area is 98.2 Å². The number of carbonyl (C=O) groups excluding carboxylic acids is 1. The third kappa shape index (κ3) is 1.52. The highest BCUT2D eigenvalue weighted by atomic mass is 16.1. The summed E-state index contributed by atoms with van der Waals surface area (Å²) < 4.78 is 0. The van der Waals surface area contributed by atoms with Crippen LogP contribution < -0.4 is 5.73 Å². The van der Waals surface area contributed by atoms with Gasteiger partial charge in [0.05, 0.1) is 11.2 Å². The summed E-state index contributed by atoms with van der Waals surface area (Å²) in [7, 11) is 0. The van der Waals surface area contributed by atoms with Crippen LogP contribution >= 0.6 is 0 Å². The number of rotatable bonds is 1. The molecule has 82 valence electrons. The number of nitrogens with zero attached hydrogens (tertiary/aromatic N) is 1. The average Bonchev–Trinajstić information content (AvgIpc) is 2.53. The quantitative estimate of drug-likeness (QED) is 0.687. The van der Waals surface area contributed by atoms with Gasteiger partial charge >= 0.3 is 0 Å². The van der Waals surface area contributed by atoms with Crippen molar-refractivity contribution in [1.82, 2.24) is 4.98 Å². The molecular weight excluding hydrogens is 212 g/mol. The first-order valence-corrected chi connectivity index (χ1v) is 5.34. The van der Waals surface area contributed by atoms with Gasteiger partial charge in [-0.25, -0.2) is 4.98 Å². The van der Waals surface area contributed by atoms with Crippen molar-refractivity contribution in [2.24, 2.45) is 5.73 Å². The van der Waals surface area contributed by atoms with E-state index in [4.69, 9.17) is 5.73 Å². The largest absolute Gasteiger partial charge is 0.366 e. The minimum atomic E-state index is -0.436. The first kappa shape index (κ1) is 9.78. The molecule has 0 spiro atoms. The third-order valence-corrected chi connectivity index (χ3v) is 2.83. The zero-order valence-corrected chi connectivity index (χ0v) is 9.05. The van der Waals surface area contributed by atoms with E-state index >= 15 is 0 Å². The topological polar surface area (TPSA) is 56.0 Å². The lowest BCUT2D eigenvalue weighted by molar-refractivity contribution is 0.100. The molecule has 1 amide bonds. The molecule has 2 aliphatic rings. The van der Waals surface area contributed by atoms with Crippen LogP contribution in [0.4, 0.5) is 0 Å². The molecule has 1 aliphatic heterocycles. The number of para-hydroxylation sites is 1. The number of nitrogens with two attached hydrogens (primary N) is 1. The molecule has 3 rings (SSSR count). The SMILES string of the molecule is NC(=O)c1cccc2c3ccccc3nc-2c1. The number of carbonyl (C=O) groups is 1. The molecule has 0 saturated carbocycles. The Morgan fingerprint density at radius 1 is 1.06 bits per heavy atom. The van der Waals surface area contributed by atoms with E-state index in [9.17, 15) is 4.79 Å². The van der Waals surface area contributed by atoms with Gasteiger partial charge in [-0.1, -0.05) is 30.3 Å². The minimum absolute atomic E-state index is 0.436. The lowest BCUT2D eigenvalue weighted by Gasteiger charge is -1.91. The van der Waals surface area contributed by atoms with E-state index in [1.807, 2.05) is 36.4 Å². The van der Waals surface area contributed by atoms with E-state index in [1.54, 1.807) is 12.1 Å². The summed E-state index contributed by atoms with van der Waals surface area (Å²) in [6.07, 6.45) is 0. The molecule has 1 heterocycles. The third-order valence-electron chi connectivity index (χ3n) is 2.83. The van der Waals surface area contributed by atoms with Gasteiger partial charge in [0.2, 0.25) is 5.91 Å². The van der Waals surface area contributed by atoms with Gasteiger partial charge in [-0.3, -0.25) is 4.79 Å². The Bertz CT molecular complexity index is 691. The second kappa shape index (κ2) is 3.56. The monoisotopic (exact) mass is 222 g/mol. The van der Waals surface area contributed by atoms with Crippen molar-refractivity contribution < 1.29 is 4.79 Å². The molecule has 1 aromatic rings. The first-order valence-electron chi connectivity index (χ1n) is 5.34. The highest BCUT2D eigenvalue weighted by Gasteiger charge is 2.11. The normalized spacial score (nSPS) is 10.8. The van der Waals surface area contributed by atoms with Gasteiger partial charge in [-0.05, 0) is 18.2 Å². The number of hydrogen-bond acceptors (Lipinski definition) is 2. The van der Waals surface area contributed by atoms with Crippen molar-refractivity contribution in [1.29, 1.82) is 0 Å². The fourth-order valence-electron chi connectivity index (χ4n) is 2.01. The molecule has 1 aliphatic carbocycles. The van der Waals surface area contributed by atoms with Crippen molar-refractivity contribution in [2.75, 3.05) is 0 Å². The molecule has 0 unspecified atom stereocenters. The van der Waals surface area contributed by atoms with Crippen molar-refractivity contribution in [3.63, 3.8) is 0 Å². The summed E-state index contributed by atoms with van der Waals surface area (Å²) in [6.45, 7) is 0. The molecule has 1 aromatic carbocycles. The number of amides is 1. The standard InChI is InChI=1S/C14H10N2O/c15-14(17)9-4-3-6-11-10-5-1-2-7-12(10)16-13(11)8-9/h1-8H,(H2,15,17). The molecule has 0 saturated heterocycles. The van der Waals surface area contributed by atoms with Gasteiger partial charge in [-0.15, -0.1) is 0 Å². The van der Waals surface area contributed by atoms with Gasteiger partial charge in [0.15, 0.2) is 0 Å². The van der Waals surface area contributed by atoms with Crippen LogP contribution in [0.1, 0.15) is 10.4 Å². The molecular formula is C14H10N2O. The molecule has 3 nitrogen and oxygen atoms in total. The van der Waals surface area contributed by atoms with E-state index in [0.29, 0.717) is 5.56 Å². The van der Waals surface area contributed by atoms with Gasteiger partial charge < -0.3 is 5.73 Å². The average molecular weight is 222 g/mol. The highest BCUT2D eigenvalue weighted by molar-refractivity contribution is 5.99. The number of fused-ring (bicyclic) bond motifs is 3. The van der Waals surface area contributed by atoms with Crippen molar-refractivity contribution in [3.8, 4) is 11.3 Å². The van der Waals surface area contributed by atoms with E-state index in [2.05, 4.69) is 4.98 Å². The number of primary amides is 1.